The van der Waals surface area contributed by atoms with Crippen LogP contribution in [0.4, 0.5) is 4.39 Å². The second-order valence-electron chi connectivity index (χ2n) is 11.6. The van der Waals surface area contributed by atoms with E-state index in [1.165, 1.54) is 0 Å². The Morgan fingerprint density at radius 1 is 1.23 bits per heavy atom. The van der Waals surface area contributed by atoms with Crippen molar-refractivity contribution in [1.29, 1.82) is 0 Å². The van der Waals surface area contributed by atoms with E-state index in [9.17, 15) is 5.11 Å². The molecule has 2 saturated heterocycles. The standard InChI is InChI=1S/C26H36FNO6S/c1-16-10-20-19-5-4-17-11-18(28-34-8-9-35)6-7-22(17,2)25(19,27)21(29)12-23(20,3)26(16)24(32-15-33-26)13-30-14-31-24/h6-7,11,16,19-21,29,35H,4-5,8-10,12-15H2,1-3H3/t16-,19-,20-,21-,22-,23-,24?,25-,26+/m0/s1. The third-order valence-corrected chi connectivity index (χ3v) is 10.5. The molecule has 1 unspecified atom stereocenters. The van der Waals surface area contributed by atoms with Crippen molar-refractivity contribution >= 4 is 18.3 Å². The number of thiol groups is 1. The van der Waals surface area contributed by atoms with Crippen LogP contribution in [-0.4, -0.2) is 66.5 Å². The minimum absolute atomic E-state index is 0.00855. The normalized spacial score (nSPS) is 53.7. The molecule has 5 fully saturated rings. The minimum atomic E-state index is -1.81. The molecule has 35 heavy (non-hydrogen) atoms. The first-order chi connectivity index (χ1) is 16.7. The highest BCUT2D eigenvalue weighted by Crippen LogP contribution is 2.74. The zero-order valence-corrected chi connectivity index (χ0v) is 21.6. The molecule has 7 nitrogen and oxygen atoms in total. The van der Waals surface area contributed by atoms with Crippen LogP contribution in [0.3, 0.4) is 0 Å². The molecule has 9 atom stereocenters. The summed E-state index contributed by atoms with van der Waals surface area (Å²) in [5.41, 5.74) is -2.43. The van der Waals surface area contributed by atoms with Gasteiger partial charge in [0.25, 0.3) is 0 Å². The van der Waals surface area contributed by atoms with Crippen LogP contribution in [-0.2, 0) is 23.8 Å². The number of nitrogens with zero attached hydrogens (tertiary/aromatic N) is 1. The highest BCUT2D eigenvalue weighted by Gasteiger charge is 2.81. The molecule has 6 rings (SSSR count). The van der Waals surface area contributed by atoms with Crippen LogP contribution in [0, 0.1) is 28.6 Å². The van der Waals surface area contributed by atoms with E-state index < -0.39 is 34.0 Å². The zero-order valence-electron chi connectivity index (χ0n) is 20.7. The van der Waals surface area contributed by atoms with E-state index in [0.29, 0.717) is 24.5 Å². The second kappa shape index (κ2) is 8.01. The van der Waals surface area contributed by atoms with Gasteiger partial charge in [0.1, 0.15) is 24.5 Å². The van der Waals surface area contributed by atoms with Gasteiger partial charge >= 0.3 is 0 Å². The van der Waals surface area contributed by atoms with E-state index in [2.05, 4.69) is 31.6 Å². The van der Waals surface area contributed by atoms with Crippen molar-refractivity contribution in [3.63, 3.8) is 0 Å². The Morgan fingerprint density at radius 2 is 2.03 bits per heavy atom. The molecule has 9 heteroatoms. The van der Waals surface area contributed by atoms with Gasteiger partial charge in [-0.25, -0.2) is 4.39 Å². The van der Waals surface area contributed by atoms with Crippen molar-refractivity contribution in [2.24, 2.45) is 33.7 Å². The fourth-order valence-corrected chi connectivity index (χ4v) is 9.05. The van der Waals surface area contributed by atoms with E-state index in [0.717, 1.165) is 18.4 Å². The molecule has 2 aliphatic heterocycles. The Bertz CT molecular complexity index is 977. The molecule has 0 bridgehead atoms. The first-order valence-corrected chi connectivity index (χ1v) is 13.4. The summed E-state index contributed by atoms with van der Waals surface area (Å²) in [6, 6.07) is 0. The average Bonchev–Trinajstić information content (AvgIpc) is 3.51. The number of allylic oxidation sites excluding steroid dienone is 4. The Balaban J connectivity index is 1.39. The van der Waals surface area contributed by atoms with Gasteiger partial charge < -0.3 is 28.9 Å². The number of rotatable bonds is 3. The molecule has 3 saturated carbocycles. The molecular weight excluding hydrogens is 473 g/mol. The van der Waals surface area contributed by atoms with Gasteiger partial charge in [0.05, 0.1) is 6.10 Å². The molecule has 0 aromatic heterocycles. The molecule has 2 heterocycles. The molecular formula is C26H36FNO6S. The number of aliphatic hydroxyl groups is 1. The first-order valence-electron chi connectivity index (χ1n) is 12.8. The van der Waals surface area contributed by atoms with Crippen LogP contribution in [0.15, 0.2) is 29.0 Å². The number of fused-ring (bicyclic) bond motifs is 7. The van der Waals surface area contributed by atoms with Crippen molar-refractivity contribution in [2.45, 2.75) is 69.6 Å². The molecule has 0 aromatic rings. The van der Waals surface area contributed by atoms with E-state index >= 15 is 4.39 Å². The maximum absolute atomic E-state index is 17.6. The van der Waals surface area contributed by atoms with E-state index in [1.54, 1.807) is 0 Å². The van der Waals surface area contributed by atoms with E-state index in [-0.39, 0.29) is 44.4 Å². The van der Waals surface area contributed by atoms with Crippen LogP contribution in [0.2, 0.25) is 0 Å². The fourth-order valence-electron chi connectivity index (χ4n) is 8.96. The van der Waals surface area contributed by atoms with Gasteiger partial charge in [-0.05, 0) is 56.6 Å². The Kier molecular flexibility index (Phi) is 5.58. The van der Waals surface area contributed by atoms with Crippen molar-refractivity contribution < 1.29 is 33.3 Å². The van der Waals surface area contributed by atoms with E-state index in [4.69, 9.17) is 23.8 Å². The zero-order chi connectivity index (χ0) is 24.7. The summed E-state index contributed by atoms with van der Waals surface area (Å²) in [4.78, 5) is 5.29. The lowest BCUT2D eigenvalue weighted by molar-refractivity contribution is -0.277. The topological polar surface area (TPSA) is 78.7 Å². The van der Waals surface area contributed by atoms with Crippen LogP contribution < -0.4 is 0 Å². The Labute approximate surface area is 211 Å². The monoisotopic (exact) mass is 509 g/mol. The van der Waals surface area contributed by atoms with Gasteiger partial charge in [0, 0.05) is 22.5 Å². The molecule has 0 radical (unpaired) electrons. The number of ether oxygens (including phenoxy) is 4. The Morgan fingerprint density at radius 3 is 2.77 bits per heavy atom. The average molecular weight is 510 g/mol. The van der Waals surface area contributed by atoms with Crippen LogP contribution >= 0.6 is 12.6 Å². The highest BCUT2D eigenvalue weighted by molar-refractivity contribution is 7.80. The van der Waals surface area contributed by atoms with Crippen LogP contribution in [0.5, 0.6) is 0 Å². The lowest BCUT2D eigenvalue weighted by atomic mass is 9.44. The SMILES string of the molecule is C[C@H]1C[C@H]2[C@@H]3CCC4=CC(=NOCCS)C=C[C@]4(C)[C@@]3(F)[C@@H](O)C[C@]2(C)[C@]12OCOC21COCO1. The summed E-state index contributed by atoms with van der Waals surface area (Å²) < 4.78 is 41.8. The minimum Gasteiger partial charge on any atom is -0.394 e. The van der Waals surface area contributed by atoms with E-state index in [1.807, 2.05) is 25.2 Å². The quantitative estimate of drug-likeness (QED) is 0.343. The summed E-state index contributed by atoms with van der Waals surface area (Å²) in [7, 11) is 0. The summed E-state index contributed by atoms with van der Waals surface area (Å²) in [6.07, 6.45) is 6.93. The number of hydrogen-bond donors (Lipinski definition) is 2. The molecule has 6 aliphatic rings. The molecule has 2 spiro atoms. The van der Waals surface area contributed by atoms with Crippen molar-refractivity contribution in [3.8, 4) is 0 Å². The predicted octanol–water partition coefficient (Wildman–Crippen LogP) is 3.78. The third kappa shape index (κ3) is 2.83. The molecule has 0 aromatic carbocycles. The first kappa shape index (κ1) is 24.4. The highest BCUT2D eigenvalue weighted by atomic mass is 32.1. The predicted molar refractivity (Wildman–Crippen MR) is 130 cm³/mol. The van der Waals surface area contributed by atoms with Gasteiger partial charge in [-0.1, -0.05) is 30.7 Å². The summed E-state index contributed by atoms with van der Waals surface area (Å²) in [5.74, 6) is -0.699. The smallest absolute Gasteiger partial charge is 0.227 e. The fraction of sp³-hybridized carbons (Fsp3) is 0.808. The number of alkyl halides is 1. The van der Waals surface area contributed by atoms with Crippen LogP contribution in [0.1, 0.15) is 46.5 Å². The summed E-state index contributed by atoms with van der Waals surface area (Å²) in [6.45, 7) is 7.19. The van der Waals surface area contributed by atoms with Crippen LogP contribution in [0.25, 0.3) is 0 Å². The molecule has 0 amide bonds. The lowest BCUT2D eigenvalue weighted by Gasteiger charge is -2.63. The largest absolute Gasteiger partial charge is 0.394 e. The van der Waals surface area contributed by atoms with Gasteiger partial charge in [-0.2, -0.15) is 12.6 Å². The number of hydrogen-bond acceptors (Lipinski definition) is 8. The Hall–Kier alpha value is -0.970. The third-order valence-electron chi connectivity index (χ3n) is 10.4. The second-order valence-corrected chi connectivity index (χ2v) is 12.0. The van der Waals surface area contributed by atoms with Crippen molar-refractivity contribution in [1.82, 2.24) is 0 Å². The maximum atomic E-state index is 17.6. The molecule has 194 valence electrons. The summed E-state index contributed by atoms with van der Waals surface area (Å²) in [5, 5.41) is 15.9. The molecule has 1 N–H and O–H groups in total. The van der Waals surface area contributed by atoms with Crippen molar-refractivity contribution in [2.75, 3.05) is 32.6 Å². The number of aliphatic hydroxyl groups excluding tert-OH is 1. The number of halogens is 1. The van der Waals surface area contributed by atoms with Gasteiger partial charge in [-0.3, -0.25) is 0 Å². The van der Waals surface area contributed by atoms with Gasteiger partial charge in [0.15, 0.2) is 19.3 Å². The lowest BCUT2D eigenvalue weighted by Crippen LogP contribution is -2.71. The molecule has 4 aliphatic carbocycles. The van der Waals surface area contributed by atoms with Crippen molar-refractivity contribution in [3.05, 3.63) is 23.8 Å². The number of oxime groups is 1. The maximum Gasteiger partial charge on any atom is 0.227 e. The summed E-state index contributed by atoms with van der Waals surface area (Å²) >= 11 is 4.14. The van der Waals surface area contributed by atoms with Gasteiger partial charge in [-0.15, -0.1) is 0 Å². The van der Waals surface area contributed by atoms with Gasteiger partial charge in [0.2, 0.25) is 5.79 Å².